The number of thiophene rings is 3. The molecule has 6 heterocycles. The van der Waals surface area contributed by atoms with Crippen molar-refractivity contribution < 1.29 is 0 Å². The van der Waals surface area contributed by atoms with Crippen molar-refractivity contribution in [3.05, 3.63) is 558 Å². The molecule has 700 valence electrons. The van der Waals surface area contributed by atoms with Crippen LogP contribution < -0.4 is 14.7 Å². The van der Waals surface area contributed by atoms with Gasteiger partial charge in [0.15, 0.2) is 0 Å². The molecule has 0 bridgehead atoms. The Morgan fingerprint density at radius 2 is 0.409 bits per heavy atom. The molecular formula is C140H92N6S3. The first-order chi connectivity index (χ1) is 73.9. The molecule has 0 atom stereocenters. The fourth-order valence-corrected chi connectivity index (χ4v) is 26.2. The van der Waals surface area contributed by atoms with E-state index in [-0.39, 0.29) is 0 Å². The summed E-state index contributed by atoms with van der Waals surface area (Å²) in [6.45, 7) is 0. The van der Waals surface area contributed by atoms with Crippen LogP contribution in [0.4, 0.5) is 51.2 Å². The highest BCUT2D eigenvalue weighted by atomic mass is 32.1. The largest absolute Gasteiger partial charge is 0.310 e. The number of aromatic nitrogens is 3. The van der Waals surface area contributed by atoms with Crippen molar-refractivity contribution >= 4 is 233 Å². The average molecular weight is 1950 g/mol. The molecule has 0 fully saturated rings. The molecule has 30 rings (SSSR count). The Morgan fingerprint density at radius 1 is 0.141 bits per heavy atom. The molecule has 0 aliphatic heterocycles. The molecule has 0 radical (unpaired) electrons. The Bertz CT molecular complexity index is 10300. The van der Waals surface area contributed by atoms with E-state index in [4.69, 9.17) is 0 Å². The second-order valence-corrected chi connectivity index (χ2v) is 41.3. The van der Waals surface area contributed by atoms with E-state index in [2.05, 4.69) is 587 Å². The van der Waals surface area contributed by atoms with Crippen molar-refractivity contribution in [1.29, 1.82) is 0 Å². The Labute approximate surface area is 873 Å². The molecule has 30 aromatic rings. The minimum Gasteiger partial charge on any atom is -0.310 e. The molecule has 0 unspecified atom stereocenters. The molecule has 0 N–H and O–H groups in total. The third-order valence-corrected chi connectivity index (χ3v) is 33.0. The maximum Gasteiger partial charge on any atom is 0.0719 e. The molecule has 24 aromatic carbocycles. The molecular weight excluding hydrogens is 1860 g/mol. The second kappa shape index (κ2) is 37.5. The summed E-state index contributed by atoms with van der Waals surface area (Å²) in [7, 11) is 0. The van der Waals surface area contributed by atoms with E-state index in [0.29, 0.717) is 0 Å². The number of nitrogens with zero attached hydrogens (tertiary/aromatic N) is 6. The number of hydrogen-bond donors (Lipinski definition) is 0. The van der Waals surface area contributed by atoms with Gasteiger partial charge in [0.05, 0.1) is 52.9 Å². The first kappa shape index (κ1) is 88.0. The molecule has 9 heteroatoms. The van der Waals surface area contributed by atoms with E-state index >= 15 is 0 Å². The number of hydrogen-bond acceptors (Lipinski definition) is 6. The lowest BCUT2D eigenvalue weighted by Crippen LogP contribution is -2.10. The van der Waals surface area contributed by atoms with Gasteiger partial charge < -0.3 is 28.4 Å². The summed E-state index contributed by atoms with van der Waals surface area (Å²) in [5.41, 5.74) is 30.9. The van der Waals surface area contributed by atoms with Crippen molar-refractivity contribution in [2.45, 2.75) is 0 Å². The number of anilines is 9. The third-order valence-electron chi connectivity index (χ3n) is 29.5. The predicted molar refractivity (Wildman–Crippen MR) is 642 cm³/mol. The Kier molecular flexibility index (Phi) is 22.1. The van der Waals surface area contributed by atoms with E-state index in [9.17, 15) is 0 Å². The summed E-state index contributed by atoms with van der Waals surface area (Å²) >= 11 is 5.68. The number of benzene rings is 24. The van der Waals surface area contributed by atoms with Gasteiger partial charge in [-0.25, -0.2) is 0 Å². The normalized spacial score (nSPS) is 11.6. The molecule has 0 saturated heterocycles. The molecule has 0 aliphatic rings. The minimum absolute atomic E-state index is 1.12. The van der Waals surface area contributed by atoms with E-state index in [1.165, 1.54) is 203 Å². The molecule has 0 spiro atoms. The van der Waals surface area contributed by atoms with Gasteiger partial charge in [-0.15, -0.1) is 34.0 Å². The number of para-hydroxylation sites is 6. The minimum atomic E-state index is 1.12. The van der Waals surface area contributed by atoms with Crippen LogP contribution in [0, 0.1) is 0 Å². The smallest absolute Gasteiger partial charge is 0.0719 e. The number of fused-ring (bicyclic) bond motifs is 23. The van der Waals surface area contributed by atoms with Crippen LogP contribution in [0.5, 0.6) is 0 Å². The fraction of sp³-hybridized carbons (Fsp3) is 0. The van der Waals surface area contributed by atoms with Crippen LogP contribution in [-0.4, -0.2) is 13.7 Å². The Hall–Kier alpha value is -18.7. The lowest BCUT2D eigenvalue weighted by molar-refractivity contribution is 1.19. The standard InChI is InChI=1S/C48H32N2S.2C46H30N2S/c1-5-13-33(14-6-1)35-21-24-39(25-22-35)49(37-17-9-3-10-18-37)40-26-29-45-43(32-40)41-27-28-42-44-31-36(34-15-7-2-8-16-34)23-30-46(44)51-48(42)47(41)50(45)38-19-11-4-12-20-38;1-4-13-31(14-5-1)33-23-28-44-41(29-33)39-26-25-38-40-30-36(24-27-43(40)48(45(38)46(39)49-44)35-19-8-3-9-20-35)47(34-17-6-2-7-18-34)42-22-12-16-32-15-10-11-21-37(32)42;1-4-12-31(13-5-1)34-21-27-44-42(29-34)40-25-24-39-41-30-38(23-26-43(41)48(45(39)46(40)49-44)36-18-8-3-9-19-36)47(35-16-6-2-7-17-35)37-22-20-32-14-10-11-15-33(32)28-37/h1-32H;2*1-30H. The molecule has 149 heavy (non-hydrogen) atoms. The van der Waals surface area contributed by atoms with Crippen LogP contribution in [-0.2, 0) is 0 Å². The predicted octanol–water partition coefficient (Wildman–Crippen LogP) is 40.8. The quantitative estimate of drug-likeness (QED) is 0.0964. The zero-order chi connectivity index (χ0) is 98.4. The highest BCUT2D eigenvalue weighted by Crippen LogP contribution is 2.53. The maximum absolute atomic E-state index is 2.47. The van der Waals surface area contributed by atoms with Crippen LogP contribution in [0.2, 0.25) is 0 Å². The summed E-state index contributed by atoms with van der Waals surface area (Å²) in [5, 5.41) is 20.2. The SMILES string of the molecule is c1ccc(-c2ccc(N(c3ccccc3)c3ccc4c(c3)c3ccc5c6cc(-c7ccccc7)ccc6sc5c3n4-c3ccccc3)cc2)cc1.c1ccc(-c2ccc3sc4c(ccc5c6cc(N(c7ccccc7)c7ccc8ccccc8c7)ccc6n(-c6ccccc6)c54)c3c2)cc1.c1ccc(-c2ccc3sc4c(ccc5c6cc(N(c7ccccc7)c7cccc8ccccc78)ccc6n(-c6ccccc6)c54)c3c2)cc1. The van der Waals surface area contributed by atoms with E-state index in [0.717, 1.165) is 56.9 Å². The summed E-state index contributed by atoms with van der Waals surface area (Å²) in [5.74, 6) is 0. The monoisotopic (exact) mass is 1950 g/mol. The van der Waals surface area contributed by atoms with Crippen LogP contribution in [0.15, 0.2) is 558 Å². The average Bonchev–Trinajstić information content (AvgIpc) is 1.56. The van der Waals surface area contributed by atoms with Crippen LogP contribution >= 0.6 is 34.0 Å². The van der Waals surface area contributed by atoms with Gasteiger partial charge in [-0.05, 0) is 255 Å². The highest BCUT2D eigenvalue weighted by Gasteiger charge is 2.28. The van der Waals surface area contributed by atoms with Gasteiger partial charge in [0.1, 0.15) is 0 Å². The Morgan fingerprint density at radius 3 is 0.799 bits per heavy atom. The summed E-state index contributed by atoms with van der Waals surface area (Å²) in [6, 6.07) is 202. The van der Waals surface area contributed by atoms with E-state index < -0.39 is 0 Å². The van der Waals surface area contributed by atoms with Crippen molar-refractivity contribution in [1.82, 2.24) is 13.7 Å². The lowest BCUT2D eigenvalue weighted by atomic mass is 10.0. The highest BCUT2D eigenvalue weighted by molar-refractivity contribution is 7.27. The molecule has 0 saturated carbocycles. The second-order valence-electron chi connectivity index (χ2n) is 38.1. The fourth-order valence-electron chi connectivity index (χ4n) is 22.6. The summed E-state index contributed by atoms with van der Waals surface area (Å²) in [4.78, 5) is 7.14. The van der Waals surface area contributed by atoms with Crippen LogP contribution in [0.3, 0.4) is 0 Å². The number of rotatable bonds is 16. The van der Waals surface area contributed by atoms with Gasteiger partial charge in [-0.3, -0.25) is 0 Å². The topological polar surface area (TPSA) is 24.5 Å². The third kappa shape index (κ3) is 15.7. The van der Waals surface area contributed by atoms with Crippen molar-refractivity contribution in [3.63, 3.8) is 0 Å². The van der Waals surface area contributed by atoms with Crippen LogP contribution in [0.1, 0.15) is 0 Å². The van der Waals surface area contributed by atoms with Crippen LogP contribution in [0.25, 0.3) is 209 Å². The summed E-state index contributed by atoms with van der Waals surface area (Å²) in [6.07, 6.45) is 0. The van der Waals surface area contributed by atoms with E-state index in [1.807, 2.05) is 34.0 Å². The molecule has 6 nitrogen and oxygen atoms in total. The first-order valence-electron chi connectivity index (χ1n) is 50.7. The Balaban J connectivity index is 0.000000108. The van der Waals surface area contributed by atoms with Gasteiger partial charge in [-0.2, -0.15) is 0 Å². The van der Waals surface area contributed by atoms with E-state index in [1.54, 1.807) is 0 Å². The van der Waals surface area contributed by atoms with Gasteiger partial charge in [0, 0.05) is 147 Å². The van der Waals surface area contributed by atoms with Crippen molar-refractivity contribution in [2.24, 2.45) is 0 Å². The molecule has 6 aromatic heterocycles. The zero-order valence-corrected chi connectivity index (χ0v) is 83.5. The molecule has 0 amide bonds. The van der Waals surface area contributed by atoms with Gasteiger partial charge in [-0.1, -0.05) is 364 Å². The maximum atomic E-state index is 2.47. The van der Waals surface area contributed by atoms with Gasteiger partial charge >= 0.3 is 0 Å². The first-order valence-corrected chi connectivity index (χ1v) is 53.2. The van der Waals surface area contributed by atoms with Gasteiger partial charge in [0.2, 0.25) is 0 Å². The van der Waals surface area contributed by atoms with Crippen molar-refractivity contribution in [3.8, 4) is 61.6 Å². The molecule has 0 aliphatic carbocycles. The van der Waals surface area contributed by atoms with Crippen molar-refractivity contribution in [2.75, 3.05) is 14.7 Å². The van der Waals surface area contributed by atoms with Gasteiger partial charge in [0.25, 0.3) is 0 Å². The summed E-state index contributed by atoms with van der Waals surface area (Å²) < 4.78 is 15.2. The lowest BCUT2D eigenvalue weighted by Gasteiger charge is -2.27. The zero-order valence-electron chi connectivity index (χ0n) is 81.0.